The summed E-state index contributed by atoms with van der Waals surface area (Å²) >= 11 is 6.11. The van der Waals surface area contributed by atoms with Crippen LogP contribution in [-0.2, 0) is 4.79 Å². The van der Waals surface area contributed by atoms with Crippen LogP contribution in [-0.4, -0.2) is 41.1 Å². The third kappa shape index (κ3) is 4.50. The third-order valence-corrected chi connectivity index (χ3v) is 7.28. The van der Waals surface area contributed by atoms with Gasteiger partial charge in [0.2, 0.25) is 5.91 Å². The first-order valence-corrected chi connectivity index (χ1v) is 13.0. The SMILES string of the molecule is COc1ccc(C2c3cccn3-c3ccccc3N2C(=O)CN(C(=O)Nc2cccc(Cl)c2)C2CC2)cc1. The molecule has 0 radical (unpaired) electrons. The lowest BCUT2D eigenvalue weighted by atomic mass is 9.97. The van der Waals surface area contributed by atoms with Crippen molar-refractivity contribution in [3.8, 4) is 11.4 Å². The lowest BCUT2D eigenvalue weighted by Crippen LogP contribution is -2.48. The molecule has 7 nitrogen and oxygen atoms in total. The number of aromatic nitrogens is 1. The van der Waals surface area contributed by atoms with Crippen molar-refractivity contribution in [3.63, 3.8) is 0 Å². The van der Waals surface area contributed by atoms with E-state index in [4.69, 9.17) is 16.3 Å². The number of nitrogens with zero attached hydrogens (tertiary/aromatic N) is 3. The van der Waals surface area contributed by atoms with Gasteiger partial charge in [0.05, 0.1) is 24.2 Å². The Morgan fingerprint density at radius 2 is 1.74 bits per heavy atom. The van der Waals surface area contributed by atoms with Crippen LogP contribution >= 0.6 is 11.6 Å². The van der Waals surface area contributed by atoms with Crippen molar-refractivity contribution in [2.75, 3.05) is 23.9 Å². The molecule has 1 atom stereocenters. The van der Waals surface area contributed by atoms with E-state index in [-0.39, 0.29) is 30.6 Å². The Hall–Kier alpha value is -4.23. The predicted octanol–water partition coefficient (Wildman–Crippen LogP) is 6.27. The molecule has 1 saturated carbocycles. The zero-order valence-electron chi connectivity index (χ0n) is 20.9. The predicted molar refractivity (Wildman–Crippen MR) is 148 cm³/mol. The van der Waals surface area contributed by atoms with Crippen LogP contribution in [0.3, 0.4) is 0 Å². The summed E-state index contributed by atoms with van der Waals surface area (Å²) in [6.07, 6.45) is 3.76. The van der Waals surface area contributed by atoms with Crippen LogP contribution in [0.5, 0.6) is 5.75 Å². The quantitative estimate of drug-likeness (QED) is 0.322. The summed E-state index contributed by atoms with van der Waals surface area (Å²) in [5, 5.41) is 3.45. The Balaban J connectivity index is 1.36. The van der Waals surface area contributed by atoms with Gasteiger partial charge in [-0.25, -0.2) is 4.79 Å². The minimum absolute atomic E-state index is 0.0291. The fraction of sp³-hybridized carbons (Fsp3) is 0.200. The number of para-hydroxylation sites is 2. The Kier molecular flexibility index (Phi) is 6.29. The van der Waals surface area contributed by atoms with Crippen molar-refractivity contribution in [2.24, 2.45) is 0 Å². The average molecular weight is 527 g/mol. The van der Waals surface area contributed by atoms with Crippen molar-refractivity contribution in [1.82, 2.24) is 9.47 Å². The number of fused-ring (bicyclic) bond motifs is 3. The Labute approximate surface area is 226 Å². The minimum atomic E-state index is -0.365. The van der Waals surface area contributed by atoms with E-state index in [0.717, 1.165) is 41.2 Å². The first-order chi connectivity index (χ1) is 18.5. The molecule has 1 unspecified atom stereocenters. The number of carbonyl (C=O) groups excluding carboxylic acids is 2. The molecule has 1 aliphatic heterocycles. The number of benzene rings is 3. The van der Waals surface area contributed by atoms with Gasteiger partial charge in [-0.05, 0) is 73.0 Å². The number of halogens is 1. The normalized spacial score (nSPS) is 15.8. The van der Waals surface area contributed by atoms with Crippen LogP contribution in [0.2, 0.25) is 5.02 Å². The number of amides is 3. The molecule has 1 N–H and O–H groups in total. The minimum Gasteiger partial charge on any atom is -0.497 e. The molecule has 1 fully saturated rings. The number of nitrogens with one attached hydrogen (secondary N) is 1. The van der Waals surface area contributed by atoms with Gasteiger partial charge < -0.3 is 19.5 Å². The highest BCUT2D eigenvalue weighted by molar-refractivity contribution is 6.30. The molecule has 4 aromatic rings. The maximum Gasteiger partial charge on any atom is 0.322 e. The summed E-state index contributed by atoms with van der Waals surface area (Å²) in [6.45, 7) is -0.0429. The van der Waals surface area contributed by atoms with Crippen molar-refractivity contribution in [2.45, 2.75) is 24.9 Å². The standard InChI is InChI=1S/C30H27ClN4O3/c1-38-24-15-11-20(12-16-24)29-27-10-5-17-33(27)25-8-2-3-9-26(25)35(29)28(36)19-34(23-13-14-23)30(37)32-22-7-4-6-21(31)18-22/h2-12,15-18,23,29H,13-14,19H2,1H3,(H,32,37). The lowest BCUT2D eigenvalue weighted by molar-refractivity contribution is -0.119. The number of carbonyl (C=O) groups is 2. The van der Waals surface area contributed by atoms with Crippen LogP contribution in [0, 0.1) is 0 Å². The van der Waals surface area contributed by atoms with E-state index in [9.17, 15) is 9.59 Å². The van der Waals surface area contributed by atoms with Gasteiger partial charge in [0.1, 0.15) is 18.3 Å². The van der Waals surface area contributed by atoms with E-state index in [1.165, 1.54) is 0 Å². The Morgan fingerprint density at radius 3 is 2.45 bits per heavy atom. The van der Waals surface area contributed by atoms with Gasteiger partial charge in [0, 0.05) is 22.9 Å². The molecule has 6 rings (SSSR count). The van der Waals surface area contributed by atoms with E-state index < -0.39 is 0 Å². The zero-order chi connectivity index (χ0) is 26.2. The fourth-order valence-corrected chi connectivity index (χ4v) is 5.29. The zero-order valence-corrected chi connectivity index (χ0v) is 21.6. The van der Waals surface area contributed by atoms with Gasteiger partial charge in [-0.2, -0.15) is 0 Å². The summed E-state index contributed by atoms with van der Waals surface area (Å²) in [5.74, 6) is 0.592. The van der Waals surface area contributed by atoms with E-state index in [2.05, 4.69) is 9.88 Å². The second-order valence-corrected chi connectivity index (χ2v) is 9.97. The summed E-state index contributed by atoms with van der Waals surface area (Å²) in [7, 11) is 1.63. The molecule has 3 aromatic carbocycles. The molecule has 2 heterocycles. The van der Waals surface area contributed by atoms with Crippen molar-refractivity contribution >= 4 is 34.9 Å². The molecular formula is C30H27ClN4O3. The molecule has 1 aromatic heterocycles. The van der Waals surface area contributed by atoms with Crippen LogP contribution in [0.25, 0.3) is 5.69 Å². The van der Waals surface area contributed by atoms with Crippen LogP contribution in [0.1, 0.15) is 30.1 Å². The number of hydrogen-bond acceptors (Lipinski definition) is 3. The number of methoxy groups -OCH3 is 1. The van der Waals surface area contributed by atoms with Crippen LogP contribution in [0.4, 0.5) is 16.2 Å². The largest absolute Gasteiger partial charge is 0.497 e. The number of anilines is 2. The van der Waals surface area contributed by atoms with Gasteiger partial charge in [0.15, 0.2) is 0 Å². The van der Waals surface area contributed by atoms with Gasteiger partial charge in [0.25, 0.3) is 0 Å². The molecule has 0 spiro atoms. The van der Waals surface area contributed by atoms with Gasteiger partial charge >= 0.3 is 6.03 Å². The van der Waals surface area contributed by atoms with Crippen molar-refractivity contribution in [3.05, 3.63) is 107 Å². The van der Waals surface area contributed by atoms with E-state index >= 15 is 0 Å². The molecule has 1 aliphatic carbocycles. The van der Waals surface area contributed by atoms with Gasteiger partial charge in [-0.1, -0.05) is 41.9 Å². The number of urea groups is 1. The lowest BCUT2D eigenvalue weighted by Gasteiger charge is -2.39. The molecule has 2 aliphatic rings. The van der Waals surface area contributed by atoms with E-state index in [1.807, 2.05) is 71.8 Å². The Bertz CT molecular complexity index is 1500. The summed E-state index contributed by atoms with van der Waals surface area (Å²) in [4.78, 5) is 31.0. The second-order valence-electron chi connectivity index (χ2n) is 9.53. The number of rotatable bonds is 6. The second kappa shape index (κ2) is 9.91. The maximum absolute atomic E-state index is 14.2. The Morgan fingerprint density at radius 1 is 0.974 bits per heavy atom. The molecular weight excluding hydrogens is 500 g/mol. The van der Waals surface area contributed by atoms with Crippen LogP contribution in [0.15, 0.2) is 91.1 Å². The topological polar surface area (TPSA) is 66.8 Å². The molecule has 8 heteroatoms. The maximum atomic E-state index is 14.2. The van der Waals surface area contributed by atoms with Crippen LogP contribution < -0.4 is 15.0 Å². The molecule has 192 valence electrons. The highest BCUT2D eigenvalue weighted by Crippen LogP contribution is 2.43. The summed E-state index contributed by atoms with van der Waals surface area (Å²) in [5.41, 5.74) is 4.25. The first-order valence-electron chi connectivity index (χ1n) is 12.6. The number of ether oxygens (including phenoxy) is 1. The summed E-state index contributed by atoms with van der Waals surface area (Å²) in [6, 6.07) is 26.0. The molecule has 38 heavy (non-hydrogen) atoms. The van der Waals surface area contributed by atoms with E-state index in [0.29, 0.717) is 10.7 Å². The average Bonchev–Trinajstić information content (AvgIpc) is 3.65. The smallest absolute Gasteiger partial charge is 0.322 e. The van der Waals surface area contributed by atoms with Gasteiger partial charge in [-0.15, -0.1) is 0 Å². The highest BCUT2D eigenvalue weighted by Gasteiger charge is 2.40. The van der Waals surface area contributed by atoms with Crippen molar-refractivity contribution in [1.29, 1.82) is 0 Å². The molecule has 0 saturated heterocycles. The molecule has 0 bridgehead atoms. The molecule has 3 amide bonds. The van der Waals surface area contributed by atoms with E-state index in [1.54, 1.807) is 36.3 Å². The first kappa shape index (κ1) is 24.1. The fourth-order valence-electron chi connectivity index (χ4n) is 5.10. The summed E-state index contributed by atoms with van der Waals surface area (Å²) < 4.78 is 7.49. The highest BCUT2D eigenvalue weighted by atomic mass is 35.5. The monoisotopic (exact) mass is 526 g/mol. The van der Waals surface area contributed by atoms with Crippen molar-refractivity contribution < 1.29 is 14.3 Å². The third-order valence-electron chi connectivity index (χ3n) is 7.05. The van der Waals surface area contributed by atoms with Gasteiger partial charge in [-0.3, -0.25) is 9.69 Å². The number of hydrogen-bond donors (Lipinski definition) is 1.